The third-order valence-corrected chi connectivity index (χ3v) is 2.29. The molecule has 0 aromatic carbocycles. The molecule has 1 aliphatic rings. The Labute approximate surface area is 82.0 Å². The standard InChI is InChI=1S/C9H13NO4/c1-10-7(9(13)14-2)4-3-6(5-11)8(10)12/h3,7,11H,4-5H2,1-2H3. The van der Waals surface area contributed by atoms with Crippen LogP contribution in [0, 0.1) is 0 Å². The van der Waals surface area contributed by atoms with E-state index in [0.29, 0.717) is 12.0 Å². The van der Waals surface area contributed by atoms with E-state index in [9.17, 15) is 9.59 Å². The van der Waals surface area contributed by atoms with Crippen molar-refractivity contribution in [1.29, 1.82) is 0 Å². The lowest BCUT2D eigenvalue weighted by Crippen LogP contribution is -2.46. The van der Waals surface area contributed by atoms with E-state index in [1.807, 2.05) is 0 Å². The Kier molecular flexibility index (Phi) is 3.24. The Morgan fingerprint density at radius 2 is 2.43 bits per heavy atom. The van der Waals surface area contributed by atoms with E-state index in [4.69, 9.17) is 5.11 Å². The van der Waals surface area contributed by atoms with E-state index in [1.54, 1.807) is 6.08 Å². The summed E-state index contributed by atoms with van der Waals surface area (Å²) in [5, 5.41) is 8.83. The maximum Gasteiger partial charge on any atom is 0.328 e. The summed E-state index contributed by atoms with van der Waals surface area (Å²) < 4.78 is 4.55. The zero-order chi connectivity index (χ0) is 10.7. The summed E-state index contributed by atoms with van der Waals surface area (Å²) in [5.74, 6) is -0.761. The van der Waals surface area contributed by atoms with Gasteiger partial charge in [-0.15, -0.1) is 0 Å². The summed E-state index contributed by atoms with van der Waals surface area (Å²) >= 11 is 0. The molecule has 0 aromatic heterocycles. The number of aliphatic hydroxyl groups excluding tert-OH is 1. The summed E-state index contributed by atoms with van der Waals surface area (Å²) in [6.45, 7) is -0.295. The van der Waals surface area contributed by atoms with Gasteiger partial charge in [0, 0.05) is 12.6 Å². The summed E-state index contributed by atoms with van der Waals surface area (Å²) in [5.41, 5.74) is 0.327. The molecule has 1 heterocycles. The predicted octanol–water partition coefficient (Wildman–Crippen LogP) is -0.691. The molecule has 0 spiro atoms. The molecule has 1 atom stereocenters. The molecule has 1 amide bonds. The molecule has 0 bridgehead atoms. The normalized spacial score (nSPS) is 21.9. The Hall–Kier alpha value is -1.36. The number of carbonyl (C=O) groups is 2. The molecular formula is C9H13NO4. The largest absolute Gasteiger partial charge is 0.467 e. The smallest absolute Gasteiger partial charge is 0.328 e. The van der Waals surface area contributed by atoms with Crippen LogP contribution in [-0.4, -0.2) is 48.7 Å². The van der Waals surface area contributed by atoms with Crippen LogP contribution < -0.4 is 0 Å². The number of hydrogen-bond donors (Lipinski definition) is 1. The van der Waals surface area contributed by atoms with Gasteiger partial charge in [0.25, 0.3) is 5.91 Å². The van der Waals surface area contributed by atoms with Gasteiger partial charge in [0.05, 0.1) is 13.7 Å². The molecule has 1 aliphatic heterocycles. The van der Waals surface area contributed by atoms with Crippen LogP contribution in [0.5, 0.6) is 0 Å². The number of carbonyl (C=O) groups excluding carboxylic acids is 2. The van der Waals surface area contributed by atoms with Crippen molar-refractivity contribution in [3.05, 3.63) is 11.6 Å². The first kappa shape index (κ1) is 10.7. The molecular weight excluding hydrogens is 186 g/mol. The number of aliphatic hydroxyl groups is 1. The summed E-state index contributed by atoms with van der Waals surface area (Å²) in [7, 11) is 2.80. The molecule has 0 fully saturated rings. The number of nitrogens with zero attached hydrogens (tertiary/aromatic N) is 1. The van der Waals surface area contributed by atoms with E-state index < -0.39 is 12.0 Å². The Morgan fingerprint density at radius 3 is 2.93 bits per heavy atom. The maximum atomic E-state index is 11.5. The first-order valence-electron chi connectivity index (χ1n) is 4.26. The number of likely N-dealkylation sites (N-methyl/N-ethyl adjacent to an activating group) is 1. The highest BCUT2D eigenvalue weighted by Gasteiger charge is 2.31. The number of hydrogen-bond acceptors (Lipinski definition) is 4. The van der Waals surface area contributed by atoms with Gasteiger partial charge in [0.15, 0.2) is 0 Å². The highest BCUT2D eigenvalue weighted by Crippen LogP contribution is 2.16. The van der Waals surface area contributed by atoms with Crippen molar-refractivity contribution in [2.45, 2.75) is 12.5 Å². The van der Waals surface area contributed by atoms with E-state index in [2.05, 4.69) is 4.74 Å². The molecule has 78 valence electrons. The van der Waals surface area contributed by atoms with Gasteiger partial charge in [-0.05, 0) is 6.42 Å². The monoisotopic (exact) mass is 199 g/mol. The molecule has 0 radical (unpaired) electrons. The Morgan fingerprint density at radius 1 is 1.79 bits per heavy atom. The van der Waals surface area contributed by atoms with E-state index in [1.165, 1.54) is 19.1 Å². The van der Waals surface area contributed by atoms with Crippen molar-refractivity contribution < 1.29 is 19.4 Å². The highest BCUT2D eigenvalue weighted by atomic mass is 16.5. The molecule has 1 rings (SSSR count). The molecule has 0 aliphatic carbocycles. The van der Waals surface area contributed by atoms with Crippen molar-refractivity contribution in [2.75, 3.05) is 20.8 Å². The third kappa shape index (κ3) is 1.77. The van der Waals surface area contributed by atoms with E-state index >= 15 is 0 Å². The zero-order valence-electron chi connectivity index (χ0n) is 8.19. The van der Waals surface area contributed by atoms with E-state index in [0.717, 1.165) is 0 Å². The van der Waals surface area contributed by atoms with Gasteiger partial charge in [-0.25, -0.2) is 4.79 Å². The van der Waals surface area contributed by atoms with Crippen LogP contribution in [0.2, 0.25) is 0 Å². The minimum Gasteiger partial charge on any atom is -0.467 e. The van der Waals surface area contributed by atoms with Crippen molar-refractivity contribution in [3.63, 3.8) is 0 Å². The maximum absolute atomic E-state index is 11.5. The summed E-state index contributed by atoms with van der Waals surface area (Å²) in [6, 6.07) is -0.567. The van der Waals surface area contributed by atoms with Gasteiger partial charge in [-0.2, -0.15) is 0 Å². The molecule has 0 saturated carbocycles. The fourth-order valence-electron chi connectivity index (χ4n) is 1.39. The van der Waals surface area contributed by atoms with Gasteiger partial charge in [0.1, 0.15) is 6.04 Å². The van der Waals surface area contributed by atoms with Crippen LogP contribution in [0.15, 0.2) is 11.6 Å². The molecule has 14 heavy (non-hydrogen) atoms. The molecule has 5 heteroatoms. The average molecular weight is 199 g/mol. The van der Waals surface area contributed by atoms with Crippen molar-refractivity contribution in [2.24, 2.45) is 0 Å². The minimum atomic E-state index is -0.567. The molecule has 1 unspecified atom stereocenters. The lowest BCUT2D eigenvalue weighted by molar-refractivity contribution is -0.151. The molecule has 1 N–H and O–H groups in total. The van der Waals surface area contributed by atoms with Crippen LogP contribution in [-0.2, 0) is 14.3 Å². The number of esters is 1. The fraction of sp³-hybridized carbons (Fsp3) is 0.556. The molecule has 5 nitrogen and oxygen atoms in total. The van der Waals surface area contributed by atoms with Gasteiger partial charge in [-0.3, -0.25) is 4.79 Å². The second-order valence-electron chi connectivity index (χ2n) is 3.08. The second-order valence-corrected chi connectivity index (χ2v) is 3.08. The average Bonchev–Trinajstić information content (AvgIpc) is 2.21. The lowest BCUT2D eigenvalue weighted by atomic mass is 10.0. The Bertz CT molecular complexity index is 285. The Balaban J connectivity index is 2.83. The first-order chi connectivity index (χ1) is 6.61. The van der Waals surface area contributed by atoms with Crippen molar-refractivity contribution in [3.8, 4) is 0 Å². The van der Waals surface area contributed by atoms with Gasteiger partial charge in [0.2, 0.25) is 0 Å². The quantitative estimate of drug-likeness (QED) is 0.598. The van der Waals surface area contributed by atoms with E-state index in [-0.39, 0.29) is 12.5 Å². The van der Waals surface area contributed by atoms with Crippen LogP contribution >= 0.6 is 0 Å². The third-order valence-electron chi connectivity index (χ3n) is 2.29. The van der Waals surface area contributed by atoms with Gasteiger partial charge in [-0.1, -0.05) is 6.08 Å². The summed E-state index contributed by atoms with van der Waals surface area (Å²) in [6.07, 6.45) is 1.97. The number of rotatable bonds is 2. The predicted molar refractivity (Wildman–Crippen MR) is 48.4 cm³/mol. The van der Waals surface area contributed by atoms with Crippen LogP contribution in [0.25, 0.3) is 0 Å². The topological polar surface area (TPSA) is 66.8 Å². The molecule has 0 saturated heterocycles. The van der Waals surface area contributed by atoms with Crippen molar-refractivity contribution in [1.82, 2.24) is 4.90 Å². The number of ether oxygens (including phenoxy) is 1. The summed E-state index contributed by atoms with van der Waals surface area (Å²) in [4.78, 5) is 24.0. The number of methoxy groups -OCH3 is 1. The first-order valence-corrected chi connectivity index (χ1v) is 4.26. The fourth-order valence-corrected chi connectivity index (χ4v) is 1.39. The van der Waals surface area contributed by atoms with Gasteiger partial charge < -0.3 is 14.7 Å². The SMILES string of the molecule is COC(=O)C1CC=C(CO)C(=O)N1C. The van der Waals surface area contributed by atoms with Gasteiger partial charge >= 0.3 is 5.97 Å². The highest BCUT2D eigenvalue weighted by molar-refractivity contribution is 5.97. The molecule has 0 aromatic rings. The zero-order valence-corrected chi connectivity index (χ0v) is 8.19. The second kappa shape index (κ2) is 4.23. The van der Waals surface area contributed by atoms with Crippen LogP contribution in [0.1, 0.15) is 6.42 Å². The number of amides is 1. The lowest BCUT2D eigenvalue weighted by Gasteiger charge is -2.29. The van der Waals surface area contributed by atoms with Crippen molar-refractivity contribution >= 4 is 11.9 Å². The minimum absolute atomic E-state index is 0.295. The van der Waals surface area contributed by atoms with Crippen LogP contribution in [0.4, 0.5) is 0 Å². The van der Waals surface area contributed by atoms with Crippen LogP contribution in [0.3, 0.4) is 0 Å².